The van der Waals surface area contributed by atoms with Gasteiger partial charge in [-0.2, -0.15) is 0 Å². The first-order valence-corrected chi connectivity index (χ1v) is 10.3. The molecule has 1 aliphatic heterocycles. The largest absolute Gasteiger partial charge is 0.339 e. The lowest BCUT2D eigenvalue weighted by Crippen LogP contribution is -2.38. The number of carbonyl (C=O) groups is 1. The first-order valence-electron chi connectivity index (χ1n) is 10.3. The quantitative estimate of drug-likeness (QED) is 0.591. The number of pyridine rings is 1. The molecule has 0 unspecified atom stereocenters. The summed E-state index contributed by atoms with van der Waals surface area (Å²) >= 11 is 0. The summed E-state index contributed by atoms with van der Waals surface area (Å²) in [5.41, 5.74) is 3.41. The smallest absolute Gasteiger partial charge is 0.253 e. The van der Waals surface area contributed by atoms with Crippen LogP contribution >= 0.6 is 0 Å². The van der Waals surface area contributed by atoms with Crippen molar-refractivity contribution < 1.29 is 13.6 Å². The van der Waals surface area contributed by atoms with Crippen LogP contribution in [0.5, 0.6) is 0 Å². The third-order valence-corrected chi connectivity index (χ3v) is 5.70. The average molecular weight is 406 g/mol. The second kappa shape index (κ2) is 8.74. The Bertz CT molecular complexity index is 1020. The van der Waals surface area contributed by atoms with E-state index in [0.29, 0.717) is 18.7 Å². The van der Waals surface area contributed by atoms with E-state index < -0.39 is 11.6 Å². The highest BCUT2D eigenvalue weighted by molar-refractivity contribution is 5.94. The Hall–Kier alpha value is -3.08. The van der Waals surface area contributed by atoms with Crippen molar-refractivity contribution in [3.63, 3.8) is 0 Å². The maximum absolute atomic E-state index is 14.1. The zero-order chi connectivity index (χ0) is 21.1. The number of hydrogen-bond donors (Lipinski definition) is 0. The molecular weight excluding hydrogens is 382 g/mol. The molecule has 0 atom stereocenters. The number of nitrogens with zero attached hydrogens (tertiary/aromatic N) is 2. The minimum atomic E-state index is -0.529. The van der Waals surface area contributed by atoms with Gasteiger partial charge in [-0.25, -0.2) is 8.78 Å². The van der Waals surface area contributed by atoms with E-state index in [9.17, 15) is 13.6 Å². The van der Waals surface area contributed by atoms with Gasteiger partial charge in [0.2, 0.25) is 0 Å². The first kappa shape index (κ1) is 20.2. The summed E-state index contributed by atoms with van der Waals surface area (Å²) in [6.45, 7) is 3.25. The second-order valence-electron chi connectivity index (χ2n) is 7.85. The lowest BCUT2D eigenvalue weighted by molar-refractivity contribution is 0.0712. The molecule has 0 N–H and O–H groups in total. The van der Waals surface area contributed by atoms with Crippen molar-refractivity contribution in [2.45, 2.75) is 32.1 Å². The van der Waals surface area contributed by atoms with Crippen molar-refractivity contribution in [3.05, 3.63) is 100 Å². The number of amides is 1. The molecule has 1 fully saturated rings. The van der Waals surface area contributed by atoms with Gasteiger partial charge in [-0.05, 0) is 61.7 Å². The summed E-state index contributed by atoms with van der Waals surface area (Å²) in [7, 11) is 0. The zero-order valence-corrected chi connectivity index (χ0v) is 16.9. The van der Waals surface area contributed by atoms with Gasteiger partial charge in [-0.15, -0.1) is 0 Å². The van der Waals surface area contributed by atoms with Crippen LogP contribution in [0.4, 0.5) is 8.78 Å². The Balaban J connectivity index is 1.47. The highest BCUT2D eigenvalue weighted by atomic mass is 19.1. The summed E-state index contributed by atoms with van der Waals surface area (Å²) < 4.78 is 28.1. The van der Waals surface area contributed by atoms with Crippen molar-refractivity contribution in [3.8, 4) is 0 Å². The second-order valence-corrected chi connectivity index (χ2v) is 7.85. The highest BCUT2D eigenvalue weighted by Gasteiger charge is 2.25. The van der Waals surface area contributed by atoms with Gasteiger partial charge in [-0.1, -0.05) is 24.3 Å². The molecule has 5 heteroatoms. The standard InChI is InChI=1S/C25H24F2N2O/c1-17-14-18(15-21-22(26)8-5-9-23(21)27)16-24(28-17)19-10-12-29(13-11-19)25(30)20-6-3-2-4-7-20/h2-9,14,16,19H,10-13,15H2,1H3. The molecule has 3 aromatic rings. The van der Waals surface area contributed by atoms with Gasteiger partial charge in [0, 0.05) is 47.9 Å². The molecule has 0 bridgehead atoms. The van der Waals surface area contributed by atoms with Gasteiger partial charge in [0.05, 0.1) is 0 Å². The predicted molar refractivity (Wildman–Crippen MR) is 112 cm³/mol. The maximum Gasteiger partial charge on any atom is 0.253 e. The molecular formula is C25H24F2N2O. The van der Waals surface area contributed by atoms with Gasteiger partial charge in [0.1, 0.15) is 11.6 Å². The van der Waals surface area contributed by atoms with E-state index in [1.807, 2.05) is 54.3 Å². The van der Waals surface area contributed by atoms with E-state index in [2.05, 4.69) is 4.98 Å². The van der Waals surface area contributed by atoms with Crippen LogP contribution < -0.4 is 0 Å². The van der Waals surface area contributed by atoms with Crippen LogP contribution in [0.2, 0.25) is 0 Å². The van der Waals surface area contributed by atoms with E-state index in [1.54, 1.807) is 0 Å². The van der Waals surface area contributed by atoms with Crippen LogP contribution in [0.25, 0.3) is 0 Å². The van der Waals surface area contributed by atoms with Gasteiger partial charge < -0.3 is 4.90 Å². The maximum atomic E-state index is 14.1. The summed E-state index contributed by atoms with van der Waals surface area (Å²) in [5.74, 6) is -0.770. The normalized spacial score (nSPS) is 14.7. The van der Waals surface area contributed by atoms with Gasteiger partial charge >= 0.3 is 0 Å². The summed E-state index contributed by atoms with van der Waals surface area (Å²) in [4.78, 5) is 19.2. The van der Waals surface area contributed by atoms with E-state index in [4.69, 9.17) is 0 Å². The number of carbonyl (C=O) groups excluding carboxylic acids is 1. The summed E-state index contributed by atoms with van der Waals surface area (Å²) in [5, 5.41) is 0. The number of rotatable bonds is 4. The topological polar surface area (TPSA) is 33.2 Å². The molecule has 0 aliphatic carbocycles. The van der Waals surface area contributed by atoms with Crippen molar-refractivity contribution in [2.75, 3.05) is 13.1 Å². The van der Waals surface area contributed by atoms with Crippen LogP contribution in [0.3, 0.4) is 0 Å². The number of likely N-dealkylation sites (tertiary alicyclic amines) is 1. The molecule has 3 nitrogen and oxygen atoms in total. The van der Waals surface area contributed by atoms with E-state index in [1.165, 1.54) is 18.2 Å². The van der Waals surface area contributed by atoms with Crippen LogP contribution in [0.1, 0.15) is 51.6 Å². The minimum absolute atomic E-state index is 0.0574. The highest BCUT2D eigenvalue weighted by Crippen LogP contribution is 2.29. The van der Waals surface area contributed by atoms with Crippen LogP contribution in [0, 0.1) is 18.6 Å². The number of benzene rings is 2. The molecule has 2 aromatic carbocycles. The zero-order valence-electron chi connectivity index (χ0n) is 16.9. The molecule has 1 amide bonds. The minimum Gasteiger partial charge on any atom is -0.339 e. The molecule has 0 spiro atoms. The molecule has 1 aromatic heterocycles. The van der Waals surface area contributed by atoms with Crippen LogP contribution in [-0.4, -0.2) is 28.9 Å². The molecule has 30 heavy (non-hydrogen) atoms. The van der Waals surface area contributed by atoms with Gasteiger partial charge in [0.15, 0.2) is 0 Å². The fourth-order valence-electron chi connectivity index (χ4n) is 4.13. The Morgan fingerprint density at radius 2 is 1.67 bits per heavy atom. The summed E-state index contributed by atoms with van der Waals surface area (Å²) in [6, 6.07) is 17.1. The predicted octanol–water partition coefficient (Wildman–Crippen LogP) is 5.28. The third-order valence-electron chi connectivity index (χ3n) is 5.70. The number of halogens is 2. The molecule has 4 rings (SSSR count). The van der Waals surface area contributed by atoms with Crippen molar-refractivity contribution in [2.24, 2.45) is 0 Å². The lowest BCUT2D eigenvalue weighted by Gasteiger charge is -2.32. The van der Waals surface area contributed by atoms with Crippen LogP contribution in [0.15, 0.2) is 60.7 Å². The van der Waals surface area contributed by atoms with Gasteiger partial charge in [0.25, 0.3) is 5.91 Å². The molecule has 0 saturated carbocycles. The number of aromatic nitrogens is 1. The molecule has 1 aliphatic rings. The molecule has 2 heterocycles. The fraction of sp³-hybridized carbons (Fsp3) is 0.280. The number of piperidine rings is 1. The Morgan fingerprint density at radius 3 is 2.33 bits per heavy atom. The molecule has 0 radical (unpaired) electrons. The fourth-order valence-corrected chi connectivity index (χ4v) is 4.13. The van der Waals surface area contributed by atoms with E-state index in [-0.39, 0.29) is 23.8 Å². The number of aryl methyl sites for hydroxylation is 1. The molecule has 1 saturated heterocycles. The number of hydrogen-bond acceptors (Lipinski definition) is 2. The SMILES string of the molecule is Cc1cc(Cc2c(F)cccc2F)cc(C2CCN(C(=O)c3ccccc3)CC2)n1. The van der Waals surface area contributed by atoms with E-state index in [0.717, 1.165) is 29.8 Å². The Labute approximate surface area is 175 Å². The van der Waals surface area contributed by atoms with Crippen LogP contribution in [-0.2, 0) is 6.42 Å². The summed E-state index contributed by atoms with van der Waals surface area (Å²) in [6.07, 6.45) is 1.84. The average Bonchev–Trinajstić information content (AvgIpc) is 2.76. The third kappa shape index (κ3) is 4.40. The van der Waals surface area contributed by atoms with Gasteiger partial charge in [-0.3, -0.25) is 9.78 Å². The van der Waals surface area contributed by atoms with Crippen molar-refractivity contribution in [1.82, 2.24) is 9.88 Å². The Kier molecular flexibility index (Phi) is 5.88. The monoisotopic (exact) mass is 406 g/mol. The van der Waals surface area contributed by atoms with Crippen molar-refractivity contribution >= 4 is 5.91 Å². The van der Waals surface area contributed by atoms with E-state index >= 15 is 0 Å². The van der Waals surface area contributed by atoms with Crippen molar-refractivity contribution in [1.29, 1.82) is 0 Å². The lowest BCUT2D eigenvalue weighted by atomic mass is 9.91. The molecule has 154 valence electrons. The Morgan fingerprint density at radius 1 is 1.00 bits per heavy atom. The first-order chi connectivity index (χ1) is 14.5.